The summed E-state index contributed by atoms with van der Waals surface area (Å²) in [5.41, 5.74) is 2.02. The molecule has 1 aromatic carbocycles. The van der Waals surface area contributed by atoms with Crippen LogP contribution < -0.4 is 9.64 Å². The van der Waals surface area contributed by atoms with Gasteiger partial charge < -0.3 is 9.64 Å². The van der Waals surface area contributed by atoms with Crippen LogP contribution in [0.2, 0.25) is 0 Å². The van der Waals surface area contributed by atoms with Crippen LogP contribution in [0.4, 0.5) is 5.82 Å². The first-order valence-corrected chi connectivity index (χ1v) is 10.7. The van der Waals surface area contributed by atoms with Crippen LogP contribution in [0.1, 0.15) is 30.0 Å². The third kappa shape index (κ3) is 3.64. The molecule has 1 aromatic heterocycles. The van der Waals surface area contributed by atoms with E-state index in [1.807, 2.05) is 19.1 Å². The van der Waals surface area contributed by atoms with Crippen LogP contribution in [-0.2, 0) is 10.0 Å². The fraction of sp³-hybridized carbons (Fsp3) is 0.474. The smallest absolute Gasteiger partial charge is 0.246 e. The molecular formula is C19H24N4O3S. The van der Waals surface area contributed by atoms with E-state index in [4.69, 9.17) is 4.74 Å². The summed E-state index contributed by atoms with van der Waals surface area (Å²) in [7, 11) is -2.10. The van der Waals surface area contributed by atoms with Gasteiger partial charge in [-0.05, 0) is 49.6 Å². The normalized spacial score (nSPS) is 18.5. The van der Waals surface area contributed by atoms with Gasteiger partial charge in [0.2, 0.25) is 10.0 Å². The van der Waals surface area contributed by atoms with E-state index in [0.29, 0.717) is 37.8 Å². The Morgan fingerprint density at radius 3 is 2.37 bits per heavy atom. The standard InChI is InChI=1S/C19H24N4O3S/c1-14-3-7-18(17(13-14)26-2)27(24,25)23-11-9-22(10-12-23)19-8-6-16(20-21-19)15-4-5-15/h3,6-8,13,15H,4-5,9-12H2,1-2H3. The Morgan fingerprint density at radius 2 is 1.78 bits per heavy atom. The van der Waals surface area contributed by atoms with Crippen LogP contribution in [-0.4, -0.2) is 56.2 Å². The van der Waals surface area contributed by atoms with Crippen LogP contribution in [0.5, 0.6) is 5.75 Å². The van der Waals surface area contributed by atoms with E-state index in [-0.39, 0.29) is 4.90 Å². The molecule has 2 aromatic rings. The number of aryl methyl sites for hydroxylation is 1. The molecule has 8 heteroatoms. The Morgan fingerprint density at radius 1 is 1.04 bits per heavy atom. The topological polar surface area (TPSA) is 75.6 Å². The molecule has 0 N–H and O–H groups in total. The molecule has 0 radical (unpaired) electrons. The summed E-state index contributed by atoms with van der Waals surface area (Å²) < 4.78 is 32.9. The van der Waals surface area contributed by atoms with Crippen LogP contribution >= 0.6 is 0 Å². The predicted molar refractivity (Wildman–Crippen MR) is 103 cm³/mol. The van der Waals surface area contributed by atoms with E-state index in [9.17, 15) is 8.42 Å². The van der Waals surface area contributed by atoms with Crippen molar-refractivity contribution >= 4 is 15.8 Å². The molecule has 2 aliphatic rings. The van der Waals surface area contributed by atoms with Gasteiger partial charge in [-0.15, -0.1) is 5.10 Å². The molecule has 1 aliphatic carbocycles. The summed E-state index contributed by atoms with van der Waals surface area (Å²) in [5.74, 6) is 1.78. The quantitative estimate of drug-likeness (QED) is 0.782. The van der Waals surface area contributed by atoms with Crippen molar-refractivity contribution in [1.82, 2.24) is 14.5 Å². The molecule has 27 heavy (non-hydrogen) atoms. The number of anilines is 1. The summed E-state index contributed by atoms with van der Waals surface area (Å²) in [5, 5.41) is 8.66. The third-order valence-electron chi connectivity index (χ3n) is 5.17. The van der Waals surface area contributed by atoms with Crippen molar-refractivity contribution in [1.29, 1.82) is 0 Å². The fourth-order valence-corrected chi connectivity index (χ4v) is 4.94. The number of hydrogen-bond donors (Lipinski definition) is 0. The highest BCUT2D eigenvalue weighted by molar-refractivity contribution is 7.89. The van der Waals surface area contributed by atoms with Gasteiger partial charge in [-0.3, -0.25) is 0 Å². The highest BCUT2D eigenvalue weighted by atomic mass is 32.2. The van der Waals surface area contributed by atoms with Crippen LogP contribution in [0, 0.1) is 6.92 Å². The van der Waals surface area contributed by atoms with Gasteiger partial charge in [-0.1, -0.05) is 6.07 Å². The fourth-order valence-electron chi connectivity index (χ4n) is 3.39. The number of aromatic nitrogens is 2. The predicted octanol–water partition coefficient (Wildman–Crippen LogP) is 2.18. The number of hydrogen-bond acceptors (Lipinski definition) is 6. The SMILES string of the molecule is COc1cc(C)ccc1S(=O)(=O)N1CCN(c2ccc(C3CC3)nn2)CC1. The minimum absolute atomic E-state index is 0.220. The Hall–Kier alpha value is -2.19. The monoisotopic (exact) mass is 388 g/mol. The third-order valence-corrected chi connectivity index (χ3v) is 7.10. The van der Waals surface area contributed by atoms with E-state index in [1.165, 1.54) is 24.3 Å². The highest BCUT2D eigenvalue weighted by Crippen LogP contribution is 2.38. The zero-order valence-corrected chi connectivity index (χ0v) is 16.4. The van der Waals surface area contributed by atoms with Gasteiger partial charge in [0.1, 0.15) is 10.6 Å². The maximum absolute atomic E-state index is 13.0. The number of methoxy groups -OCH3 is 1. The van der Waals surface area contributed by atoms with Crippen molar-refractivity contribution < 1.29 is 13.2 Å². The van der Waals surface area contributed by atoms with E-state index in [1.54, 1.807) is 18.2 Å². The molecule has 2 heterocycles. The van der Waals surface area contributed by atoms with Gasteiger partial charge in [-0.25, -0.2) is 8.42 Å². The van der Waals surface area contributed by atoms with Crippen molar-refractivity contribution in [2.75, 3.05) is 38.2 Å². The van der Waals surface area contributed by atoms with Gasteiger partial charge in [0, 0.05) is 32.1 Å². The second-order valence-electron chi connectivity index (χ2n) is 7.14. The molecule has 0 unspecified atom stereocenters. The number of benzene rings is 1. The number of nitrogens with zero attached hydrogens (tertiary/aromatic N) is 4. The second kappa shape index (κ2) is 7.09. The van der Waals surface area contributed by atoms with Gasteiger partial charge >= 0.3 is 0 Å². The molecule has 2 fully saturated rings. The molecule has 0 atom stereocenters. The molecular weight excluding hydrogens is 364 g/mol. The van der Waals surface area contributed by atoms with Crippen molar-refractivity contribution in [3.63, 3.8) is 0 Å². The lowest BCUT2D eigenvalue weighted by molar-refractivity contribution is 0.373. The molecule has 1 saturated heterocycles. The van der Waals surface area contributed by atoms with Crippen molar-refractivity contribution in [3.05, 3.63) is 41.6 Å². The largest absolute Gasteiger partial charge is 0.495 e. The molecule has 1 saturated carbocycles. The molecule has 1 aliphatic heterocycles. The maximum Gasteiger partial charge on any atom is 0.246 e. The summed E-state index contributed by atoms with van der Waals surface area (Å²) in [6.07, 6.45) is 2.40. The first-order valence-electron chi connectivity index (χ1n) is 9.22. The van der Waals surface area contributed by atoms with Gasteiger partial charge in [0.25, 0.3) is 0 Å². The van der Waals surface area contributed by atoms with E-state index in [0.717, 1.165) is 17.1 Å². The van der Waals surface area contributed by atoms with Gasteiger partial charge in [-0.2, -0.15) is 9.40 Å². The summed E-state index contributed by atoms with van der Waals surface area (Å²) in [4.78, 5) is 2.31. The molecule has 144 valence electrons. The van der Waals surface area contributed by atoms with Crippen LogP contribution in [0.25, 0.3) is 0 Å². The average molecular weight is 388 g/mol. The summed E-state index contributed by atoms with van der Waals surface area (Å²) in [6, 6.07) is 9.20. The Balaban J connectivity index is 1.46. The molecule has 0 amide bonds. The lowest BCUT2D eigenvalue weighted by atomic mass is 10.2. The summed E-state index contributed by atoms with van der Waals surface area (Å²) >= 11 is 0. The summed E-state index contributed by atoms with van der Waals surface area (Å²) in [6.45, 7) is 3.90. The molecule has 4 rings (SSSR count). The van der Waals surface area contributed by atoms with Gasteiger partial charge in [0.05, 0.1) is 12.8 Å². The first-order chi connectivity index (χ1) is 13.0. The zero-order chi connectivity index (χ0) is 19.0. The lowest BCUT2D eigenvalue weighted by Gasteiger charge is -2.34. The first kappa shape index (κ1) is 18.2. The minimum Gasteiger partial charge on any atom is -0.495 e. The van der Waals surface area contributed by atoms with E-state index < -0.39 is 10.0 Å². The number of rotatable bonds is 5. The number of ether oxygens (including phenoxy) is 1. The average Bonchev–Trinajstić information content (AvgIpc) is 3.53. The molecule has 0 bridgehead atoms. The lowest BCUT2D eigenvalue weighted by Crippen LogP contribution is -2.49. The second-order valence-corrected chi connectivity index (χ2v) is 9.04. The van der Waals surface area contributed by atoms with Crippen molar-refractivity contribution in [2.24, 2.45) is 0 Å². The minimum atomic E-state index is -3.59. The Bertz CT molecular complexity index is 918. The maximum atomic E-state index is 13.0. The highest BCUT2D eigenvalue weighted by Gasteiger charge is 2.31. The Labute approximate surface area is 160 Å². The Kier molecular flexibility index (Phi) is 4.77. The van der Waals surface area contributed by atoms with E-state index in [2.05, 4.69) is 15.1 Å². The van der Waals surface area contributed by atoms with E-state index >= 15 is 0 Å². The number of sulfonamides is 1. The van der Waals surface area contributed by atoms with Crippen LogP contribution in [0.15, 0.2) is 35.2 Å². The van der Waals surface area contributed by atoms with Gasteiger partial charge in [0.15, 0.2) is 5.82 Å². The number of piperazine rings is 1. The molecule has 0 spiro atoms. The molecule has 7 nitrogen and oxygen atoms in total. The zero-order valence-electron chi connectivity index (χ0n) is 15.6. The van der Waals surface area contributed by atoms with Crippen molar-refractivity contribution in [2.45, 2.75) is 30.6 Å². The van der Waals surface area contributed by atoms with Crippen LogP contribution in [0.3, 0.4) is 0 Å². The van der Waals surface area contributed by atoms with Crippen molar-refractivity contribution in [3.8, 4) is 5.75 Å².